The molecule has 1 heterocycles. The van der Waals surface area contributed by atoms with E-state index in [-0.39, 0.29) is 11.9 Å². The van der Waals surface area contributed by atoms with E-state index >= 15 is 0 Å². The molecule has 1 unspecified atom stereocenters. The number of hydrogen-bond donors (Lipinski definition) is 0. The van der Waals surface area contributed by atoms with E-state index in [0.717, 1.165) is 41.9 Å². The maximum atomic E-state index is 13.8. The standard InChI is InChI=1S/C28H33FN2/c1-6-7-8-21(4)30-16-15-28(24-11-9-23(10-12-24)17-20(2)3)31-19-25-13-14-26(29)18-27(25)22(31)5/h6-14,18,20,28H,1,5,15-17,19H2,2-4H3/b8-7-,30-21?. The van der Waals surface area contributed by atoms with E-state index in [4.69, 9.17) is 4.99 Å². The molecule has 3 heteroatoms. The fourth-order valence-electron chi connectivity index (χ4n) is 4.16. The number of allylic oxidation sites excluding steroid dienone is 3. The summed E-state index contributed by atoms with van der Waals surface area (Å²) in [6.45, 7) is 15.9. The summed E-state index contributed by atoms with van der Waals surface area (Å²) in [6, 6.07) is 14.1. The molecule has 0 amide bonds. The molecule has 0 aliphatic carbocycles. The Morgan fingerprint density at radius 2 is 1.94 bits per heavy atom. The third-order valence-electron chi connectivity index (χ3n) is 5.69. The van der Waals surface area contributed by atoms with Crippen LogP contribution in [0.2, 0.25) is 0 Å². The first-order chi connectivity index (χ1) is 14.9. The molecule has 2 nitrogen and oxygen atoms in total. The summed E-state index contributed by atoms with van der Waals surface area (Å²) in [5, 5.41) is 0. The van der Waals surface area contributed by atoms with Crippen molar-refractivity contribution in [3.05, 3.63) is 102 Å². The van der Waals surface area contributed by atoms with Gasteiger partial charge in [0, 0.05) is 30.1 Å². The first-order valence-electron chi connectivity index (χ1n) is 11.0. The maximum absolute atomic E-state index is 13.8. The molecular formula is C28H33FN2. The fourth-order valence-corrected chi connectivity index (χ4v) is 4.16. The van der Waals surface area contributed by atoms with Gasteiger partial charge < -0.3 is 4.90 Å². The molecule has 3 rings (SSSR count). The summed E-state index contributed by atoms with van der Waals surface area (Å²) in [7, 11) is 0. The van der Waals surface area contributed by atoms with Gasteiger partial charge in [-0.2, -0.15) is 0 Å². The van der Waals surface area contributed by atoms with E-state index in [1.54, 1.807) is 12.1 Å². The molecule has 1 atom stereocenters. The van der Waals surface area contributed by atoms with E-state index in [2.05, 4.69) is 56.2 Å². The molecule has 0 spiro atoms. The minimum absolute atomic E-state index is 0.135. The average Bonchev–Trinajstić information content (AvgIpc) is 3.06. The summed E-state index contributed by atoms with van der Waals surface area (Å²) in [4.78, 5) is 7.01. The molecule has 162 valence electrons. The van der Waals surface area contributed by atoms with E-state index in [9.17, 15) is 4.39 Å². The molecule has 2 aromatic rings. The molecule has 0 bridgehead atoms. The molecule has 0 aromatic heterocycles. The predicted molar refractivity (Wildman–Crippen MR) is 131 cm³/mol. The van der Waals surface area contributed by atoms with Crippen LogP contribution in [0.1, 0.15) is 55.5 Å². The van der Waals surface area contributed by atoms with Gasteiger partial charge in [-0.3, -0.25) is 4.99 Å². The Morgan fingerprint density at radius 3 is 2.61 bits per heavy atom. The Morgan fingerprint density at radius 1 is 1.19 bits per heavy atom. The molecule has 0 saturated heterocycles. The van der Waals surface area contributed by atoms with Crippen molar-refractivity contribution in [2.75, 3.05) is 6.54 Å². The monoisotopic (exact) mass is 416 g/mol. The van der Waals surface area contributed by atoms with Crippen LogP contribution in [-0.4, -0.2) is 17.2 Å². The molecule has 1 aliphatic rings. The summed E-state index contributed by atoms with van der Waals surface area (Å²) in [6.07, 6.45) is 7.56. The van der Waals surface area contributed by atoms with Crippen molar-refractivity contribution in [3.63, 3.8) is 0 Å². The lowest BCUT2D eigenvalue weighted by Gasteiger charge is -2.31. The van der Waals surface area contributed by atoms with Crippen LogP contribution in [0.25, 0.3) is 5.70 Å². The summed E-state index contributed by atoms with van der Waals surface area (Å²) in [5.74, 6) is 0.413. The third kappa shape index (κ3) is 5.81. The summed E-state index contributed by atoms with van der Waals surface area (Å²) in [5.41, 5.74) is 6.51. The number of aliphatic imine (C=N–C) groups is 1. The van der Waals surface area contributed by atoms with E-state index in [0.29, 0.717) is 12.5 Å². The Hall–Kier alpha value is -2.94. The molecule has 0 N–H and O–H groups in total. The second-order valence-electron chi connectivity index (χ2n) is 8.64. The van der Waals surface area contributed by atoms with Crippen LogP contribution in [-0.2, 0) is 13.0 Å². The van der Waals surface area contributed by atoms with Gasteiger partial charge in [0.2, 0.25) is 0 Å². The highest BCUT2D eigenvalue weighted by molar-refractivity contribution is 5.92. The molecular weight excluding hydrogens is 383 g/mol. The lowest BCUT2D eigenvalue weighted by Crippen LogP contribution is -2.23. The highest BCUT2D eigenvalue weighted by Crippen LogP contribution is 2.40. The zero-order valence-electron chi connectivity index (χ0n) is 18.9. The average molecular weight is 417 g/mol. The number of halogens is 1. The van der Waals surface area contributed by atoms with Gasteiger partial charge in [0.25, 0.3) is 0 Å². The molecule has 0 fully saturated rings. The van der Waals surface area contributed by atoms with Crippen LogP contribution in [0.5, 0.6) is 0 Å². The van der Waals surface area contributed by atoms with Crippen LogP contribution in [0.3, 0.4) is 0 Å². The Bertz CT molecular complexity index is 983. The van der Waals surface area contributed by atoms with Crippen molar-refractivity contribution in [2.24, 2.45) is 10.9 Å². The van der Waals surface area contributed by atoms with Gasteiger partial charge in [0.05, 0.1) is 6.04 Å². The Kier molecular flexibility index (Phi) is 7.62. The minimum atomic E-state index is -0.217. The van der Waals surface area contributed by atoms with Crippen molar-refractivity contribution in [1.82, 2.24) is 4.90 Å². The van der Waals surface area contributed by atoms with Crippen LogP contribution < -0.4 is 0 Å². The SMILES string of the molecule is C=C/C=C\C(C)=NCCC(c1ccc(CC(C)C)cc1)N1Cc2ccc(F)cc2C1=C. The van der Waals surface area contributed by atoms with Crippen LogP contribution in [0.4, 0.5) is 4.39 Å². The molecule has 0 radical (unpaired) electrons. The molecule has 1 aliphatic heterocycles. The fraction of sp³-hybridized carbons (Fsp3) is 0.321. The second-order valence-corrected chi connectivity index (χ2v) is 8.64. The number of nitrogens with zero attached hydrogens (tertiary/aromatic N) is 2. The zero-order chi connectivity index (χ0) is 22.4. The summed E-state index contributed by atoms with van der Waals surface area (Å²) < 4.78 is 13.8. The molecule has 31 heavy (non-hydrogen) atoms. The van der Waals surface area contributed by atoms with Gasteiger partial charge >= 0.3 is 0 Å². The lowest BCUT2D eigenvalue weighted by atomic mass is 9.97. The van der Waals surface area contributed by atoms with Crippen molar-refractivity contribution < 1.29 is 4.39 Å². The zero-order valence-corrected chi connectivity index (χ0v) is 18.9. The van der Waals surface area contributed by atoms with E-state index in [1.165, 1.54) is 17.2 Å². The summed E-state index contributed by atoms with van der Waals surface area (Å²) >= 11 is 0. The van der Waals surface area contributed by atoms with Gasteiger partial charge in [0.15, 0.2) is 0 Å². The smallest absolute Gasteiger partial charge is 0.123 e. The van der Waals surface area contributed by atoms with Gasteiger partial charge in [-0.15, -0.1) is 0 Å². The van der Waals surface area contributed by atoms with Gasteiger partial charge in [0.1, 0.15) is 5.82 Å². The van der Waals surface area contributed by atoms with E-state index in [1.807, 2.05) is 25.1 Å². The molecule has 0 saturated carbocycles. The quantitative estimate of drug-likeness (QED) is 0.313. The van der Waals surface area contributed by atoms with Gasteiger partial charge in [-0.1, -0.05) is 69.5 Å². The molecule has 2 aromatic carbocycles. The van der Waals surface area contributed by atoms with Crippen molar-refractivity contribution in [2.45, 2.75) is 46.2 Å². The van der Waals surface area contributed by atoms with Crippen molar-refractivity contribution in [3.8, 4) is 0 Å². The number of benzene rings is 2. The van der Waals surface area contributed by atoms with Gasteiger partial charge in [-0.05, 0) is 60.6 Å². The highest BCUT2D eigenvalue weighted by Gasteiger charge is 2.29. The lowest BCUT2D eigenvalue weighted by molar-refractivity contribution is 0.292. The van der Waals surface area contributed by atoms with Crippen LogP contribution >= 0.6 is 0 Å². The van der Waals surface area contributed by atoms with Crippen LogP contribution in [0, 0.1) is 11.7 Å². The number of fused-ring (bicyclic) bond motifs is 1. The van der Waals surface area contributed by atoms with Crippen LogP contribution in [0.15, 0.2) is 78.8 Å². The second kappa shape index (κ2) is 10.4. The topological polar surface area (TPSA) is 15.6 Å². The van der Waals surface area contributed by atoms with Gasteiger partial charge in [-0.25, -0.2) is 4.39 Å². The van der Waals surface area contributed by atoms with E-state index < -0.39 is 0 Å². The highest BCUT2D eigenvalue weighted by atomic mass is 19.1. The maximum Gasteiger partial charge on any atom is 0.123 e. The third-order valence-corrected chi connectivity index (χ3v) is 5.69. The minimum Gasteiger partial charge on any atom is -0.360 e. The Labute approximate surface area is 186 Å². The first kappa shape index (κ1) is 22.7. The largest absolute Gasteiger partial charge is 0.360 e. The van der Waals surface area contributed by atoms with Crippen molar-refractivity contribution >= 4 is 11.4 Å². The number of hydrogen-bond acceptors (Lipinski definition) is 2. The first-order valence-corrected chi connectivity index (χ1v) is 11.0. The predicted octanol–water partition coefficient (Wildman–Crippen LogP) is 7.15. The number of rotatable bonds is 9. The normalized spacial score (nSPS) is 15.1. The Balaban J connectivity index is 1.85. The van der Waals surface area contributed by atoms with Crippen molar-refractivity contribution in [1.29, 1.82) is 0 Å².